The third-order valence-electron chi connectivity index (χ3n) is 3.67. The molecule has 0 saturated heterocycles. The van der Waals surface area contributed by atoms with Crippen molar-refractivity contribution in [2.24, 2.45) is 0 Å². The van der Waals surface area contributed by atoms with Gasteiger partial charge in [-0.15, -0.1) is 10.2 Å². The highest BCUT2D eigenvalue weighted by Gasteiger charge is 2.24. The van der Waals surface area contributed by atoms with Gasteiger partial charge in [-0.25, -0.2) is 0 Å². The molecule has 9 heteroatoms. The van der Waals surface area contributed by atoms with Crippen molar-refractivity contribution < 1.29 is 14.3 Å². The predicted octanol–water partition coefficient (Wildman–Crippen LogP) is 2.36. The van der Waals surface area contributed by atoms with E-state index in [9.17, 15) is 4.79 Å². The summed E-state index contributed by atoms with van der Waals surface area (Å²) in [5.74, 6) is 1.86. The summed E-state index contributed by atoms with van der Waals surface area (Å²) in [5, 5.41) is 11.7. The van der Waals surface area contributed by atoms with Crippen molar-refractivity contribution in [2.45, 2.75) is 17.4 Å². The van der Waals surface area contributed by atoms with Gasteiger partial charge in [-0.2, -0.15) is 0 Å². The van der Waals surface area contributed by atoms with E-state index in [1.165, 1.54) is 23.1 Å². The zero-order chi connectivity index (χ0) is 17.6. The summed E-state index contributed by atoms with van der Waals surface area (Å²) in [6.45, 7) is 3.53. The summed E-state index contributed by atoms with van der Waals surface area (Å²) in [4.78, 5) is 14.3. The topological polar surface area (TPSA) is 76.6 Å². The second kappa shape index (κ2) is 8.39. The highest BCUT2D eigenvalue weighted by Crippen LogP contribution is 2.31. The van der Waals surface area contributed by atoms with E-state index < -0.39 is 0 Å². The standard InChI is InChI=1S/C16H20N4O3S2/c1-3-20(14(21)10-24-16-19-18-15(17-2)25-16)8-11-9-22-12-6-4-5-7-13(12)23-11/h4-7,11H,3,8-10H2,1-2H3,(H,17,18)/t11-/m0/s1. The highest BCUT2D eigenvalue weighted by atomic mass is 32.2. The van der Waals surface area contributed by atoms with Crippen LogP contribution in [0.2, 0.25) is 0 Å². The van der Waals surface area contributed by atoms with Crippen molar-refractivity contribution in [1.82, 2.24) is 15.1 Å². The van der Waals surface area contributed by atoms with Crippen LogP contribution in [0, 0.1) is 0 Å². The van der Waals surface area contributed by atoms with Crippen molar-refractivity contribution in [3.63, 3.8) is 0 Å². The highest BCUT2D eigenvalue weighted by molar-refractivity contribution is 8.01. The van der Waals surface area contributed by atoms with Crippen LogP contribution in [0.25, 0.3) is 0 Å². The molecule has 7 nitrogen and oxygen atoms in total. The Morgan fingerprint density at radius 1 is 1.40 bits per heavy atom. The quantitative estimate of drug-likeness (QED) is 0.739. The summed E-state index contributed by atoms with van der Waals surface area (Å²) >= 11 is 2.84. The number of hydrogen-bond acceptors (Lipinski definition) is 8. The van der Waals surface area contributed by atoms with Crippen molar-refractivity contribution in [3.05, 3.63) is 24.3 Å². The Hall–Kier alpha value is -2.00. The maximum atomic E-state index is 12.5. The number of aromatic nitrogens is 2. The van der Waals surface area contributed by atoms with E-state index in [0.717, 1.165) is 21.0 Å². The van der Waals surface area contributed by atoms with Gasteiger partial charge in [0.1, 0.15) is 6.61 Å². The number of para-hydroxylation sites is 2. The number of benzene rings is 1. The van der Waals surface area contributed by atoms with E-state index >= 15 is 0 Å². The molecular weight excluding hydrogens is 360 g/mol. The first-order chi connectivity index (χ1) is 12.2. The van der Waals surface area contributed by atoms with E-state index in [4.69, 9.17) is 9.47 Å². The summed E-state index contributed by atoms with van der Waals surface area (Å²) in [7, 11) is 1.79. The lowest BCUT2D eigenvalue weighted by Crippen LogP contribution is -2.44. The number of hydrogen-bond donors (Lipinski definition) is 1. The Morgan fingerprint density at radius 3 is 2.92 bits per heavy atom. The van der Waals surface area contributed by atoms with Gasteiger partial charge in [-0.05, 0) is 19.1 Å². The molecule has 0 radical (unpaired) electrons. The van der Waals surface area contributed by atoms with Gasteiger partial charge < -0.3 is 19.7 Å². The number of ether oxygens (including phenoxy) is 2. The molecule has 2 aromatic rings. The van der Waals surface area contributed by atoms with E-state index in [1.54, 1.807) is 11.9 Å². The maximum absolute atomic E-state index is 12.5. The van der Waals surface area contributed by atoms with Crippen LogP contribution in [0.5, 0.6) is 11.5 Å². The number of anilines is 1. The fourth-order valence-corrected chi connectivity index (χ4v) is 4.00. The minimum atomic E-state index is -0.166. The lowest BCUT2D eigenvalue weighted by atomic mass is 10.2. The summed E-state index contributed by atoms with van der Waals surface area (Å²) in [6.07, 6.45) is -0.166. The van der Waals surface area contributed by atoms with Crippen LogP contribution in [-0.4, -0.2) is 59.6 Å². The van der Waals surface area contributed by atoms with Gasteiger partial charge in [0.05, 0.1) is 12.3 Å². The molecule has 1 aromatic carbocycles. The molecule has 1 amide bonds. The summed E-state index contributed by atoms with van der Waals surface area (Å²) < 4.78 is 12.4. The van der Waals surface area contributed by atoms with Gasteiger partial charge in [0.15, 0.2) is 21.9 Å². The lowest BCUT2D eigenvalue weighted by molar-refractivity contribution is -0.129. The molecule has 0 spiro atoms. The molecule has 1 N–H and O–H groups in total. The van der Waals surface area contributed by atoms with Gasteiger partial charge in [0, 0.05) is 13.6 Å². The summed E-state index contributed by atoms with van der Waals surface area (Å²) in [5.41, 5.74) is 0. The SMILES string of the molecule is CCN(C[C@H]1COc2ccccc2O1)C(=O)CSc1nnc(NC)s1. The van der Waals surface area contributed by atoms with Crippen LogP contribution in [0.4, 0.5) is 5.13 Å². The number of carbonyl (C=O) groups is 1. The Balaban J connectivity index is 1.52. The molecule has 1 aliphatic heterocycles. The first kappa shape index (κ1) is 17.8. The number of amides is 1. The maximum Gasteiger partial charge on any atom is 0.233 e. The Bertz CT molecular complexity index is 725. The Kier molecular flexibility index (Phi) is 5.98. The van der Waals surface area contributed by atoms with Gasteiger partial charge in [0.2, 0.25) is 11.0 Å². The number of thioether (sulfide) groups is 1. The largest absolute Gasteiger partial charge is 0.486 e. The average molecular weight is 380 g/mol. The Morgan fingerprint density at radius 2 is 2.20 bits per heavy atom. The second-order valence-electron chi connectivity index (χ2n) is 5.34. The number of fused-ring (bicyclic) bond motifs is 1. The normalized spacial score (nSPS) is 15.7. The van der Waals surface area contributed by atoms with E-state index in [0.29, 0.717) is 25.4 Å². The summed E-state index contributed by atoms with van der Waals surface area (Å²) in [6, 6.07) is 7.58. The fourth-order valence-electron chi connectivity index (χ4n) is 2.39. The zero-order valence-corrected chi connectivity index (χ0v) is 15.7. The number of nitrogens with one attached hydrogen (secondary N) is 1. The average Bonchev–Trinajstić information content (AvgIpc) is 3.12. The minimum absolute atomic E-state index is 0.0520. The predicted molar refractivity (Wildman–Crippen MR) is 98.8 cm³/mol. The van der Waals surface area contributed by atoms with Crippen molar-refractivity contribution in [3.8, 4) is 11.5 Å². The third-order valence-corrected chi connectivity index (χ3v) is 5.72. The monoisotopic (exact) mass is 380 g/mol. The van der Waals surface area contributed by atoms with Gasteiger partial charge in [-0.3, -0.25) is 4.79 Å². The second-order valence-corrected chi connectivity index (χ2v) is 7.54. The van der Waals surface area contributed by atoms with Crippen LogP contribution in [0.1, 0.15) is 6.92 Å². The van der Waals surface area contributed by atoms with Gasteiger partial charge in [0.25, 0.3) is 0 Å². The van der Waals surface area contributed by atoms with Gasteiger partial charge >= 0.3 is 0 Å². The molecule has 134 valence electrons. The molecule has 0 saturated carbocycles. The van der Waals surface area contributed by atoms with E-state index in [-0.39, 0.29) is 12.0 Å². The van der Waals surface area contributed by atoms with Crippen LogP contribution in [0.15, 0.2) is 28.6 Å². The van der Waals surface area contributed by atoms with Crippen LogP contribution >= 0.6 is 23.1 Å². The first-order valence-corrected chi connectivity index (χ1v) is 9.80. The molecule has 0 unspecified atom stereocenters. The Labute approximate surface area is 154 Å². The zero-order valence-electron chi connectivity index (χ0n) is 14.1. The molecule has 3 rings (SSSR count). The van der Waals surface area contributed by atoms with Crippen molar-refractivity contribution >= 4 is 34.1 Å². The van der Waals surface area contributed by atoms with Crippen LogP contribution < -0.4 is 14.8 Å². The molecule has 25 heavy (non-hydrogen) atoms. The van der Waals surface area contributed by atoms with E-state index in [2.05, 4.69) is 15.5 Å². The third kappa shape index (κ3) is 4.55. The number of likely N-dealkylation sites (N-methyl/N-ethyl adjacent to an activating group) is 1. The number of carbonyl (C=O) groups excluding carboxylic acids is 1. The van der Waals surface area contributed by atoms with Crippen LogP contribution in [-0.2, 0) is 4.79 Å². The molecule has 2 heterocycles. The molecule has 1 atom stereocenters. The lowest BCUT2D eigenvalue weighted by Gasteiger charge is -2.30. The number of rotatable bonds is 7. The number of nitrogens with zero attached hydrogens (tertiary/aromatic N) is 3. The molecular formula is C16H20N4O3S2. The van der Waals surface area contributed by atoms with E-state index in [1.807, 2.05) is 31.2 Å². The molecule has 0 fully saturated rings. The van der Waals surface area contributed by atoms with Crippen molar-refractivity contribution in [2.75, 3.05) is 37.8 Å². The van der Waals surface area contributed by atoms with Crippen LogP contribution in [0.3, 0.4) is 0 Å². The minimum Gasteiger partial charge on any atom is -0.486 e. The molecule has 0 bridgehead atoms. The fraction of sp³-hybridized carbons (Fsp3) is 0.438. The molecule has 1 aromatic heterocycles. The van der Waals surface area contributed by atoms with Gasteiger partial charge in [-0.1, -0.05) is 35.2 Å². The smallest absolute Gasteiger partial charge is 0.233 e. The molecule has 1 aliphatic rings. The van der Waals surface area contributed by atoms with Crippen molar-refractivity contribution in [1.29, 1.82) is 0 Å². The first-order valence-electron chi connectivity index (χ1n) is 8.00. The molecule has 0 aliphatic carbocycles.